The van der Waals surface area contributed by atoms with Crippen molar-refractivity contribution in [2.45, 2.75) is 19.1 Å². The Labute approximate surface area is 107 Å². The van der Waals surface area contributed by atoms with Crippen LogP contribution in [-0.2, 0) is 9.47 Å². The Morgan fingerprint density at radius 2 is 2.17 bits per heavy atom. The molecule has 5 heteroatoms. The van der Waals surface area contributed by atoms with Gasteiger partial charge in [0.25, 0.3) is 0 Å². The Balaban J connectivity index is 2.22. The Morgan fingerprint density at radius 1 is 1.39 bits per heavy atom. The van der Waals surface area contributed by atoms with Gasteiger partial charge in [0.05, 0.1) is 25.4 Å². The summed E-state index contributed by atoms with van der Waals surface area (Å²) < 4.78 is 23.2. The highest BCUT2D eigenvalue weighted by atomic mass is 19.1. The van der Waals surface area contributed by atoms with Gasteiger partial charge < -0.3 is 19.9 Å². The van der Waals surface area contributed by atoms with Crippen molar-refractivity contribution in [3.05, 3.63) is 30.1 Å². The summed E-state index contributed by atoms with van der Waals surface area (Å²) in [5.74, 6) is -0.306. The van der Waals surface area contributed by atoms with Crippen LogP contribution in [0.4, 0.5) is 10.1 Å². The molecule has 0 spiro atoms. The van der Waals surface area contributed by atoms with Crippen molar-refractivity contribution in [1.29, 1.82) is 0 Å². The molecule has 4 nitrogen and oxygen atoms in total. The number of hydrogen-bond acceptors (Lipinski definition) is 4. The highest BCUT2D eigenvalue weighted by Crippen LogP contribution is 2.08. The summed E-state index contributed by atoms with van der Waals surface area (Å²) in [6.07, 6.45) is -0.702. The molecule has 2 N–H and O–H groups in total. The van der Waals surface area contributed by atoms with Crippen molar-refractivity contribution < 1.29 is 19.0 Å². The number of hydrogen-bond donors (Lipinski definition) is 2. The van der Waals surface area contributed by atoms with Crippen LogP contribution in [-0.4, -0.2) is 44.2 Å². The van der Waals surface area contributed by atoms with Gasteiger partial charge in [0.2, 0.25) is 0 Å². The van der Waals surface area contributed by atoms with Gasteiger partial charge in [0.1, 0.15) is 5.82 Å². The Morgan fingerprint density at radius 3 is 2.83 bits per heavy atom. The number of nitrogens with one attached hydrogen (secondary N) is 1. The molecule has 0 aliphatic carbocycles. The normalized spacial score (nSPS) is 14.2. The number of rotatable bonds is 8. The first-order chi connectivity index (χ1) is 8.61. The van der Waals surface area contributed by atoms with Crippen molar-refractivity contribution in [3.63, 3.8) is 0 Å². The molecule has 18 heavy (non-hydrogen) atoms. The fourth-order valence-corrected chi connectivity index (χ4v) is 1.45. The highest BCUT2D eigenvalue weighted by molar-refractivity contribution is 5.43. The average molecular weight is 257 g/mol. The van der Waals surface area contributed by atoms with Gasteiger partial charge in [-0.15, -0.1) is 0 Å². The van der Waals surface area contributed by atoms with E-state index in [4.69, 9.17) is 9.47 Å². The maximum Gasteiger partial charge on any atom is 0.125 e. The first kappa shape index (κ1) is 14.9. The summed E-state index contributed by atoms with van der Waals surface area (Å²) >= 11 is 0. The van der Waals surface area contributed by atoms with Crippen molar-refractivity contribution >= 4 is 5.69 Å². The fourth-order valence-electron chi connectivity index (χ4n) is 1.45. The molecule has 102 valence electrons. The van der Waals surface area contributed by atoms with Crippen LogP contribution in [0.15, 0.2) is 24.3 Å². The summed E-state index contributed by atoms with van der Waals surface area (Å²) in [5, 5.41) is 12.6. The van der Waals surface area contributed by atoms with Gasteiger partial charge >= 0.3 is 0 Å². The molecule has 1 rings (SSSR count). The Bertz CT molecular complexity index is 349. The molecule has 0 fully saturated rings. The first-order valence-corrected chi connectivity index (χ1v) is 5.90. The number of halogens is 1. The third-order valence-corrected chi connectivity index (χ3v) is 2.34. The molecular weight excluding hydrogens is 237 g/mol. The van der Waals surface area contributed by atoms with Crippen molar-refractivity contribution in [3.8, 4) is 0 Å². The lowest BCUT2D eigenvalue weighted by atomic mass is 10.3. The van der Waals surface area contributed by atoms with E-state index >= 15 is 0 Å². The van der Waals surface area contributed by atoms with E-state index in [1.165, 1.54) is 12.1 Å². The number of aliphatic hydroxyl groups excluding tert-OH is 1. The standard InChI is InChI=1S/C13H20FNO3/c1-10(8-17-2)18-9-13(16)7-15-12-5-3-4-11(14)6-12/h3-6,10,13,15-16H,7-9H2,1-2H3. The summed E-state index contributed by atoms with van der Waals surface area (Å²) in [5.41, 5.74) is 0.638. The number of benzene rings is 1. The zero-order valence-corrected chi connectivity index (χ0v) is 10.7. The lowest BCUT2D eigenvalue weighted by Crippen LogP contribution is -2.28. The third-order valence-electron chi connectivity index (χ3n) is 2.34. The van der Waals surface area contributed by atoms with Gasteiger partial charge in [-0.3, -0.25) is 0 Å². The fraction of sp³-hybridized carbons (Fsp3) is 0.538. The van der Waals surface area contributed by atoms with Crippen molar-refractivity contribution in [1.82, 2.24) is 0 Å². The maximum atomic E-state index is 12.9. The van der Waals surface area contributed by atoms with Crippen LogP contribution >= 0.6 is 0 Å². The van der Waals surface area contributed by atoms with Crippen LogP contribution < -0.4 is 5.32 Å². The minimum atomic E-state index is -0.646. The number of anilines is 1. The van der Waals surface area contributed by atoms with E-state index in [2.05, 4.69) is 5.32 Å². The molecule has 0 saturated heterocycles. The van der Waals surface area contributed by atoms with Crippen molar-refractivity contribution in [2.24, 2.45) is 0 Å². The van der Waals surface area contributed by atoms with E-state index in [-0.39, 0.29) is 18.5 Å². The van der Waals surface area contributed by atoms with E-state index in [1.807, 2.05) is 6.92 Å². The van der Waals surface area contributed by atoms with Gasteiger partial charge in [-0.1, -0.05) is 6.07 Å². The van der Waals surface area contributed by atoms with Gasteiger partial charge in [-0.05, 0) is 25.1 Å². The second-order valence-electron chi connectivity index (χ2n) is 4.14. The highest BCUT2D eigenvalue weighted by Gasteiger charge is 2.08. The molecule has 1 aromatic rings. The second-order valence-corrected chi connectivity index (χ2v) is 4.14. The molecule has 0 aromatic heterocycles. The van der Waals surface area contributed by atoms with E-state index < -0.39 is 6.10 Å². The molecule has 0 heterocycles. The summed E-state index contributed by atoms with van der Waals surface area (Å²) in [6.45, 7) is 2.89. The van der Waals surface area contributed by atoms with Gasteiger partial charge in [-0.2, -0.15) is 0 Å². The summed E-state index contributed by atoms with van der Waals surface area (Å²) in [4.78, 5) is 0. The van der Waals surface area contributed by atoms with E-state index in [0.717, 1.165) is 0 Å². The topological polar surface area (TPSA) is 50.7 Å². The second kappa shape index (κ2) is 8.02. The predicted molar refractivity (Wildman–Crippen MR) is 68.2 cm³/mol. The smallest absolute Gasteiger partial charge is 0.125 e. The monoisotopic (exact) mass is 257 g/mol. The Kier molecular flexibility index (Phi) is 6.64. The molecule has 0 bridgehead atoms. The molecule has 0 saturated carbocycles. The summed E-state index contributed by atoms with van der Waals surface area (Å²) in [7, 11) is 1.60. The van der Waals surface area contributed by atoms with Crippen LogP contribution in [0.1, 0.15) is 6.92 Å². The number of aliphatic hydroxyl groups is 1. The first-order valence-electron chi connectivity index (χ1n) is 5.90. The van der Waals surface area contributed by atoms with Gasteiger partial charge in [0, 0.05) is 19.3 Å². The quantitative estimate of drug-likeness (QED) is 0.743. The number of methoxy groups -OCH3 is 1. The zero-order valence-electron chi connectivity index (χ0n) is 10.7. The molecular formula is C13H20FNO3. The SMILES string of the molecule is COCC(C)OCC(O)CNc1cccc(F)c1. The minimum Gasteiger partial charge on any atom is -0.389 e. The van der Waals surface area contributed by atoms with Gasteiger partial charge in [0.15, 0.2) is 0 Å². The Hall–Kier alpha value is -1.17. The maximum absolute atomic E-state index is 12.9. The molecule has 0 aliphatic rings. The summed E-state index contributed by atoms with van der Waals surface area (Å²) in [6, 6.07) is 6.10. The molecule has 2 unspecified atom stereocenters. The third kappa shape index (κ3) is 5.95. The zero-order chi connectivity index (χ0) is 13.4. The molecule has 0 amide bonds. The van der Waals surface area contributed by atoms with E-state index in [0.29, 0.717) is 18.8 Å². The van der Waals surface area contributed by atoms with Crippen LogP contribution in [0, 0.1) is 5.82 Å². The van der Waals surface area contributed by atoms with Crippen LogP contribution in [0.25, 0.3) is 0 Å². The molecule has 0 aliphatic heterocycles. The molecule has 2 atom stereocenters. The van der Waals surface area contributed by atoms with Crippen molar-refractivity contribution in [2.75, 3.05) is 32.2 Å². The minimum absolute atomic E-state index is 0.0566. The lowest BCUT2D eigenvalue weighted by molar-refractivity contribution is -0.0282. The molecule has 1 aromatic carbocycles. The predicted octanol–water partition coefficient (Wildman–Crippen LogP) is 1.65. The van der Waals surface area contributed by atoms with E-state index in [9.17, 15) is 9.50 Å². The average Bonchev–Trinajstić information content (AvgIpc) is 2.34. The van der Waals surface area contributed by atoms with Crippen LogP contribution in [0.3, 0.4) is 0 Å². The van der Waals surface area contributed by atoms with Crippen LogP contribution in [0.5, 0.6) is 0 Å². The van der Waals surface area contributed by atoms with E-state index in [1.54, 1.807) is 19.2 Å². The largest absolute Gasteiger partial charge is 0.389 e. The van der Waals surface area contributed by atoms with Crippen LogP contribution in [0.2, 0.25) is 0 Å². The lowest BCUT2D eigenvalue weighted by Gasteiger charge is -2.16. The number of ether oxygens (including phenoxy) is 2. The van der Waals surface area contributed by atoms with Gasteiger partial charge in [-0.25, -0.2) is 4.39 Å². The molecule has 0 radical (unpaired) electrons.